The lowest BCUT2D eigenvalue weighted by Gasteiger charge is -2.62. The van der Waals surface area contributed by atoms with E-state index in [9.17, 15) is 9.90 Å². The summed E-state index contributed by atoms with van der Waals surface area (Å²) in [6.45, 7) is 7.93. The van der Waals surface area contributed by atoms with Gasteiger partial charge in [-0.1, -0.05) is 26.0 Å². The summed E-state index contributed by atoms with van der Waals surface area (Å²) in [6, 6.07) is 6.36. The number of methoxy groups -OCH3 is 1. The van der Waals surface area contributed by atoms with Crippen molar-refractivity contribution in [2.24, 2.45) is 40.4 Å². The number of hydrogen-bond donors (Lipinski definition) is 1. The first-order valence-electron chi connectivity index (χ1n) is 14.3. The summed E-state index contributed by atoms with van der Waals surface area (Å²) in [5.74, 6) is 3.23. The quantitative estimate of drug-likeness (QED) is 0.560. The van der Waals surface area contributed by atoms with E-state index in [0.29, 0.717) is 36.2 Å². The lowest BCUT2D eigenvalue weighted by molar-refractivity contribution is -0.164. The summed E-state index contributed by atoms with van der Waals surface area (Å²) in [5, 5.41) is 16.8. The highest BCUT2D eigenvalue weighted by atomic mass is 16.5. The normalized spacial score (nSPS) is 42.1. The first-order chi connectivity index (χ1) is 17.2. The first kappa shape index (κ1) is 24.6. The second-order valence-corrected chi connectivity index (χ2v) is 13.5. The van der Waals surface area contributed by atoms with E-state index in [2.05, 4.69) is 44.1 Å². The number of carbonyl (C=O) groups is 1. The van der Waals surface area contributed by atoms with Gasteiger partial charge in [-0.25, -0.2) is 0 Å². The zero-order chi connectivity index (χ0) is 25.3. The van der Waals surface area contributed by atoms with Gasteiger partial charge in [-0.15, -0.1) is 0 Å². The molecule has 0 saturated heterocycles. The van der Waals surface area contributed by atoms with Crippen LogP contribution in [0.25, 0.3) is 10.9 Å². The summed E-state index contributed by atoms with van der Waals surface area (Å²) in [4.78, 5) is 13.8. The van der Waals surface area contributed by atoms with Crippen LogP contribution < -0.4 is 0 Å². The lowest BCUT2D eigenvalue weighted by atomic mass is 9.44. The highest BCUT2D eigenvalue weighted by Crippen LogP contribution is 2.68. The summed E-state index contributed by atoms with van der Waals surface area (Å²) < 4.78 is 7.32. The fourth-order valence-corrected chi connectivity index (χ4v) is 9.82. The van der Waals surface area contributed by atoms with Crippen LogP contribution in [0.4, 0.5) is 0 Å². The van der Waals surface area contributed by atoms with Crippen molar-refractivity contribution in [2.75, 3.05) is 13.7 Å². The Bertz CT molecular complexity index is 1160. The van der Waals surface area contributed by atoms with Crippen molar-refractivity contribution in [1.82, 2.24) is 9.78 Å². The number of aromatic nitrogens is 2. The number of Topliss-reactive ketones (excluding diaryl/α,β-unsaturated/α-hetero) is 1. The molecule has 8 atom stereocenters. The van der Waals surface area contributed by atoms with Crippen LogP contribution in [-0.4, -0.2) is 40.0 Å². The van der Waals surface area contributed by atoms with Crippen LogP contribution in [0.3, 0.4) is 0 Å². The van der Waals surface area contributed by atoms with Gasteiger partial charge in [0.25, 0.3) is 0 Å². The molecule has 6 rings (SSSR count). The minimum Gasteiger partial charge on any atom is -0.387 e. The van der Waals surface area contributed by atoms with Crippen LogP contribution in [-0.2, 0) is 16.1 Å². The summed E-state index contributed by atoms with van der Waals surface area (Å²) in [6.07, 6.45) is 11.9. The summed E-state index contributed by atoms with van der Waals surface area (Å²) in [5.41, 5.74) is 2.07. The van der Waals surface area contributed by atoms with Gasteiger partial charge in [-0.05, 0) is 111 Å². The SMILES string of the molecule is COC[C@@]1(O)CC[C@@]2(C)[C@@H](CC[C@@H]3[C@@H]2CC[C@]2(C)[C@@H](C(=O)Cn4ncc5ccc(C)cc54)CC[C@@H]32)C1. The van der Waals surface area contributed by atoms with Crippen molar-refractivity contribution >= 4 is 16.7 Å². The third-order valence-electron chi connectivity index (χ3n) is 11.7. The molecule has 1 heterocycles. The molecule has 1 aromatic carbocycles. The molecule has 1 aromatic heterocycles. The molecule has 0 aliphatic heterocycles. The Morgan fingerprint density at radius 1 is 1.08 bits per heavy atom. The lowest BCUT2D eigenvalue weighted by Crippen LogP contribution is -2.57. The minimum atomic E-state index is -0.644. The van der Waals surface area contributed by atoms with E-state index in [4.69, 9.17) is 4.74 Å². The fourth-order valence-electron chi connectivity index (χ4n) is 9.82. The molecule has 0 amide bonds. The van der Waals surface area contributed by atoms with Gasteiger partial charge < -0.3 is 9.84 Å². The Morgan fingerprint density at radius 3 is 2.69 bits per heavy atom. The van der Waals surface area contributed by atoms with E-state index in [0.717, 1.165) is 48.4 Å². The molecule has 0 radical (unpaired) electrons. The number of ether oxygens (including phenoxy) is 1. The van der Waals surface area contributed by atoms with Gasteiger partial charge in [-0.2, -0.15) is 5.10 Å². The second kappa shape index (κ2) is 8.66. The van der Waals surface area contributed by atoms with Crippen molar-refractivity contribution in [3.63, 3.8) is 0 Å². The average Bonchev–Trinajstić information content (AvgIpc) is 3.40. The number of carbonyl (C=O) groups excluding carboxylic acids is 1. The molecule has 4 saturated carbocycles. The molecule has 0 spiro atoms. The van der Waals surface area contributed by atoms with Crippen molar-refractivity contribution in [2.45, 2.75) is 90.7 Å². The maximum atomic E-state index is 13.8. The average molecular weight is 493 g/mol. The topological polar surface area (TPSA) is 64.3 Å². The number of nitrogens with zero attached hydrogens (tertiary/aromatic N) is 2. The highest BCUT2D eigenvalue weighted by molar-refractivity contribution is 5.85. The highest BCUT2D eigenvalue weighted by Gasteiger charge is 2.62. The monoisotopic (exact) mass is 492 g/mol. The van der Waals surface area contributed by atoms with E-state index >= 15 is 0 Å². The molecule has 2 aromatic rings. The number of fused-ring (bicyclic) bond motifs is 6. The van der Waals surface area contributed by atoms with Crippen LogP contribution in [0.5, 0.6) is 0 Å². The predicted octanol–water partition coefficient (Wildman–Crippen LogP) is 5.95. The number of hydrogen-bond acceptors (Lipinski definition) is 4. The zero-order valence-electron chi connectivity index (χ0n) is 22.6. The second-order valence-electron chi connectivity index (χ2n) is 13.5. The minimum absolute atomic E-state index is 0.117. The number of benzene rings is 1. The Kier molecular flexibility index (Phi) is 5.92. The number of rotatable bonds is 5. The Hall–Kier alpha value is -1.72. The molecule has 0 unspecified atom stereocenters. The predicted molar refractivity (Wildman–Crippen MR) is 142 cm³/mol. The van der Waals surface area contributed by atoms with Crippen LogP contribution in [0.2, 0.25) is 0 Å². The molecule has 196 valence electrons. The number of aliphatic hydroxyl groups is 1. The van der Waals surface area contributed by atoms with Gasteiger partial charge >= 0.3 is 0 Å². The summed E-state index contributed by atoms with van der Waals surface area (Å²) >= 11 is 0. The van der Waals surface area contributed by atoms with Gasteiger partial charge in [0.05, 0.1) is 23.9 Å². The maximum Gasteiger partial charge on any atom is 0.157 e. The molecule has 4 fully saturated rings. The zero-order valence-corrected chi connectivity index (χ0v) is 22.6. The maximum absolute atomic E-state index is 13.8. The Labute approximate surface area is 216 Å². The van der Waals surface area contributed by atoms with Crippen LogP contribution >= 0.6 is 0 Å². The molecular weight excluding hydrogens is 448 g/mol. The Morgan fingerprint density at radius 2 is 1.89 bits per heavy atom. The van der Waals surface area contributed by atoms with Gasteiger partial charge in [0.15, 0.2) is 5.78 Å². The van der Waals surface area contributed by atoms with Crippen molar-refractivity contribution < 1.29 is 14.6 Å². The molecule has 36 heavy (non-hydrogen) atoms. The van der Waals surface area contributed by atoms with E-state index in [-0.39, 0.29) is 11.3 Å². The standard InChI is InChI=1S/C31H44N2O3/c1-20-5-6-21-17-32-33(27(21)15-20)18-28(34)26-10-9-24-23-8-7-22-16-31(35,19-36-4)14-13-29(22,2)25(23)11-12-30(24,26)3/h5-6,15,17,22-26,35H,7-14,16,18-19H2,1-4H3/t22-,23-,24-,25-,26+,29-,30-,31+/m0/s1. The molecule has 1 N–H and O–H groups in total. The smallest absolute Gasteiger partial charge is 0.157 e. The fraction of sp³-hybridized carbons (Fsp3) is 0.742. The Balaban J connectivity index is 1.20. The molecular formula is C31H44N2O3. The molecule has 0 bridgehead atoms. The third kappa shape index (κ3) is 3.71. The van der Waals surface area contributed by atoms with E-state index < -0.39 is 5.60 Å². The van der Waals surface area contributed by atoms with E-state index in [1.807, 2.05) is 10.9 Å². The summed E-state index contributed by atoms with van der Waals surface area (Å²) in [7, 11) is 1.71. The largest absolute Gasteiger partial charge is 0.387 e. The first-order valence-corrected chi connectivity index (χ1v) is 14.3. The van der Waals surface area contributed by atoms with Crippen LogP contribution in [0, 0.1) is 47.3 Å². The van der Waals surface area contributed by atoms with Crippen LogP contribution in [0.1, 0.15) is 77.2 Å². The van der Waals surface area contributed by atoms with Gasteiger partial charge in [0, 0.05) is 18.4 Å². The van der Waals surface area contributed by atoms with Crippen molar-refractivity contribution in [3.05, 3.63) is 30.0 Å². The van der Waals surface area contributed by atoms with E-state index in [1.165, 1.54) is 37.7 Å². The molecule has 4 aliphatic rings. The number of aryl methyl sites for hydroxylation is 1. The van der Waals surface area contributed by atoms with Gasteiger partial charge in [-0.3, -0.25) is 9.48 Å². The number of ketones is 1. The van der Waals surface area contributed by atoms with Gasteiger partial charge in [0.1, 0.15) is 6.54 Å². The molecule has 5 heteroatoms. The van der Waals surface area contributed by atoms with Gasteiger partial charge in [0.2, 0.25) is 0 Å². The van der Waals surface area contributed by atoms with Crippen molar-refractivity contribution in [1.29, 1.82) is 0 Å². The molecule has 5 nitrogen and oxygen atoms in total. The van der Waals surface area contributed by atoms with E-state index in [1.54, 1.807) is 7.11 Å². The van der Waals surface area contributed by atoms with Crippen LogP contribution in [0.15, 0.2) is 24.4 Å². The molecule has 4 aliphatic carbocycles. The third-order valence-corrected chi connectivity index (χ3v) is 11.7. The van der Waals surface area contributed by atoms with Crippen molar-refractivity contribution in [3.8, 4) is 0 Å².